The molecular formula is C25H39F4N7O8. The quantitative estimate of drug-likeness (QED) is 0.218. The summed E-state index contributed by atoms with van der Waals surface area (Å²) in [5.41, 5.74) is -7.43. The molecule has 0 fully saturated rings. The van der Waals surface area contributed by atoms with Crippen LogP contribution in [0.3, 0.4) is 0 Å². The molecule has 3 rings (SSSR count). The van der Waals surface area contributed by atoms with Gasteiger partial charge in [0.1, 0.15) is 5.56 Å². The zero-order valence-electron chi connectivity index (χ0n) is 22.5. The maximum absolute atomic E-state index is 12.6. The molecule has 44 heavy (non-hydrogen) atoms. The Morgan fingerprint density at radius 2 is 1.00 bits per heavy atom. The number of nitrogens with zero attached hydrogens (tertiary/aromatic N) is 4. The largest absolute Gasteiger partial charge is 0.423 e. The van der Waals surface area contributed by atoms with E-state index in [1.807, 2.05) is 9.97 Å². The van der Waals surface area contributed by atoms with E-state index in [1.165, 1.54) is 0 Å². The molecular weight excluding hydrogens is 602 g/mol. The Bertz CT molecular complexity index is 1740. The first-order valence-electron chi connectivity index (χ1n) is 11.6. The van der Waals surface area contributed by atoms with Gasteiger partial charge in [-0.05, 0) is 41.5 Å². The van der Waals surface area contributed by atoms with Crippen LogP contribution in [0.2, 0.25) is 0 Å². The number of hydrogen-bond donors (Lipinski definition) is 3. The van der Waals surface area contributed by atoms with Crippen molar-refractivity contribution in [1.82, 2.24) is 28.7 Å². The summed E-state index contributed by atoms with van der Waals surface area (Å²) < 4.78 is 52.5. The van der Waals surface area contributed by atoms with Gasteiger partial charge in [-0.2, -0.15) is 17.6 Å². The van der Waals surface area contributed by atoms with Crippen molar-refractivity contribution in [2.75, 3.05) is 0 Å². The first-order valence-corrected chi connectivity index (χ1v) is 11.6. The van der Waals surface area contributed by atoms with Crippen molar-refractivity contribution in [3.05, 3.63) is 103 Å². The Hall–Kier alpha value is -4.84. The van der Waals surface area contributed by atoms with E-state index in [0.29, 0.717) is 6.20 Å². The minimum atomic E-state index is -4.75. The molecule has 19 heteroatoms. The predicted octanol–water partition coefficient (Wildman–Crippen LogP) is 3.33. The summed E-state index contributed by atoms with van der Waals surface area (Å²) in [7, 11) is 0. The third kappa shape index (κ3) is 11.4. The zero-order valence-corrected chi connectivity index (χ0v) is 22.5. The minimum absolute atomic E-state index is 0. The van der Waals surface area contributed by atoms with Crippen LogP contribution in [0.25, 0.3) is 0 Å². The fourth-order valence-electron chi connectivity index (χ4n) is 2.90. The number of H-pyrrole nitrogens is 3. The third-order valence-corrected chi connectivity index (χ3v) is 5.01. The van der Waals surface area contributed by atoms with Crippen molar-refractivity contribution in [3.8, 4) is 0 Å². The Morgan fingerprint density at radius 1 is 0.659 bits per heavy atom. The van der Waals surface area contributed by atoms with Crippen LogP contribution in [0.15, 0.2) is 47.4 Å². The van der Waals surface area contributed by atoms with Gasteiger partial charge in [0, 0.05) is 24.3 Å². The first-order chi connectivity index (χ1) is 18.7. The number of nitrogens with one attached hydrogen (secondary N) is 3. The fourth-order valence-corrected chi connectivity index (χ4v) is 2.90. The van der Waals surface area contributed by atoms with E-state index in [2.05, 4.69) is 0 Å². The van der Waals surface area contributed by atoms with Crippen LogP contribution in [-0.4, -0.2) is 33.6 Å². The average Bonchev–Trinajstić information content (AvgIpc) is 2.80. The van der Waals surface area contributed by atoms with Gasteiger partial charge < -0.3 is 0 Å². The molecule has 0 saturated carbocycles. The smallest absolute Gasteiger partial charge is 0.297 e. The highest BCUT2D eigenvalue weighted by Crippen LogP contribution is 2.25. The van der Waals surface area contributed by atoms with E-state index in [0.717, 1.165) is 26.1 Å². The van der Waals surface area contributed by atoms with Crippen molar-refractivity contribution < 1.29 is 22.5 Å². The van der Waals surface area contributed by atoms with Gasteiger partial charge in [0.15, 0.2) is 0 Å². The third-order valence-electron chi connectivity index (χ3n) is 5.01. The van der Waals surface area contributed by atoms with Crippen LogP contribution in [0, 0.1) is 15.9 Å². The summed E-state index contributed by atoms with van der Waals surface area (Å²) in [5, 5.41) is 10.4. The second kappa shape index (κ2) is 17.3. The summed E-state index contributed by atoms with van der Waals surface area (Å²) >= 11 is 0. The molecule has 0 bridgehead atoms. The number of hydrogen-bond acceptors (Lipinski definition) is 8. The fraction of sp³-hybridized carbons (Fsp3) is 0.520. The predicted molar refractivity (Wildman–Crippen MR) is 157 cm³/mol. The molecule has 0 spiro atoms. The molecule has 3 N–H and O–H groups in total. The molecule has 250 valence electrons. The number of rotatable bonds is 4. The van der Waals surface area contributed by atoms with Gasteiger partial charge in [0.05, 0.1) is 17.3 Å². The Morgan fingerprint density at radius 3 is 1.36 bits per heavy atom. The molecule has 0 amide bonds. The average molecular weight is 642 g/mol. The second-order valence-corrected chi connectivity index (χ2v) is 9.07. The molecule has 3 aromatic rings. The first kappa shape index (κ1) is 43.6. The summed E-state index contributed by atoms with van der Waals surface area (Å²) in [6, 6.07) is -0.850. The Kier molecular flexibility index (Phi) is 17.2. The van der Waals surface area contributed by atoms with Crippen molar-refractivity contribution >= 4 is 5.69 Å². The summed E-state index contributed by atoms with van der Waals surface area (Å²) in [6.45, 7) is 9.89. The second-order valence-electron chi connectivity index (χ2n) is 9.07. The van der Waals surface area contributed by atoms with E-state index < -0.39 is 68.0 Å². The molecule has 0 aromatic carbocycles. The van der Waals surface area contributed by atoms with Gasteiger partial charge in [-0.1, -0.05) is 22.3 Å². The van der Waals surface area contributed by atoms with E-state index >= 15 is 0 Å². The lowest BCUT2D eigenvalue weighted by Crippen LogP contribution is -2.35. The van der Waals surface area contributed by atoms with E-state index in [9.17, 15) is 56.4 Å². The highest BCUT2D eigenvalue weighted by atomic mass is 19.4. The Labute approximate surface area is 248 Å². The summed E-state index contributed by atoms with van der Waals surface area (Å²) in [4.78, 5) is 80.5. The topological polar surface area (TPSA) is 208 Å². The lowest BCUT2D eigenvalue weighted by atomic mass is 10.3. The van der Waals surface area contributed by atoms with E-state index in [1.54, 1.807) is 46.5 Å². The van der Waals surface area contributed by atoms with Gasteiger partial charge in [-0.25, -0.2) is 14.4 Å². The van der Waals surface area contributed by atoms with Crippen LogP contribution in [-0.2, 0) is 6.18 Å². The molecule has 3 aromatic heterocycles. The summed E-state index contributed by atoms with van der Waals surface area (Å²) in [5.74, 6) is -0.941. The maximum Gasteiger partial charge on any atom is 0.423 e. The molecule has 0 radical (unpaired) electrons. The number of halogens is 4. The monoisotopic (exact) mass is 641 g/mol. The van der Waals surface area contributed by atoms with Gasteiger partial charge >= 0.3 is 34.5 Å². The molecule has 3 heterocycles. The van der Waals surface area contributed by atoms with E-state index in [-0.39, 0.29) is 34.4 Å². The van der Waals surface area contributed by atoms with Gasteiger partial charge in [0.25, 0.3) is 11.1 Å². The minimum Gasteiger partial charge on any atom is -0.297 e. The Balaban J connectivity index is -0.000000557. The van der Waals surface area contributed by atoms with Crippen molar-refractivity contribution in [2.45, 2.75) is 88.1 Å². The van der Waals surface area contributed by atoms with Crippen molar-refractivity contribution in [3.63, 3.8) is 0 Å². The van der Waals surface area contributed by atoms with Crippen LogP contribution in [0.1, 0.15) is 87.5 Å². The van der Waals surface area contributed by atoms with Crippen LogP contribution >= 0.6 is 0 Å². The number of nitro groups is 1. The van der Waals surface area contributed by atoms with Crippen LogP contribution < -0.4 is 33.7 Å². The van der Waals surface area contributed by atoms with Crippen LogP contribution in [0.4, 0.5) is 23.2 Å². The lowest BCUT2D eigenvalue weighted by molar-refractivity contribution is -0.386. The van der Waals surface area contributed by atoms with Crippen LogP contribution in [0.5, 0.6) is 0 Å². The van der Waals surface area contributed by atoms with Crippen molar-refractivity contribution in [1.29, 1.82) is 0 Å². The molecule has 0 unspecified atom stereocenters. The molecule has 0 aliphatic heterocycles. The number of aromatic amines is 3. The standard InChI is InChI=1S/C8H9F3N2O2.C7H9FN2O2.C7H9N3O4.3CH4/c1-4(2)13-3-5(8(9,10)11)6(14)12-7(13)15;1-4(2)10-3-5(8)6(11)9-7(10)12;1-4(2)9-3-5(10(13)14)6(11)8-7(9)12;;;/h3-4H,1-2H3,(H,12,14,15);3-4H,1-2H3,(H,9,11,12);3-4H,1-2H3,(H,8,11,12);3*1H4. The maximum atomic E-state index is 12.6. The highest BCUT2D eigenvalue weighted by molar-refractivity contribution is 5.20. The molecule has 0 atom stereocenters. The lowest BCUT2D eigenvalue weighted by Gasteiger charge is -2.11. The van der Waals surface area contributed by atoms with Gasteiger partial charge in [-0.15, -0.1) is 0 Å². The SMILES string of the molecule is C.C.C.CC(C)n1cc(C(F)(F)F)c(=O)[nH]c1=O.CC(C)n1cc(F)c(=O)[nH]c1=O.CC(C)n1cc([N+](=O)[O-])c(=O)[nH]c1=O. The molecule has 15 nitrogen and oxygen atoms in total. The molecule has 0 aliphatic carbocycles. The molecule has 0 aliphatic rings. The normalized spacial score (nSPS) is 10.4. The van der Waals surface area contributed by atoms with Crippen molar-refractivity contribution in [2.24, 2.45) is 0 Å². The zero-order chi connectivity index (χ0) is 32.0. The number of alkyl halides is 3. The van der Waals surface area contributed by atoms with Gasteiger partial charge in [0.2, 0.25) is 5.82 Å². The van der Waals surface area contributed by atoms with E-state index in [4.69, 9.17) is 0 Å². The molecule has 0 saturated heterocycles. The summed E-state index contributed by atoms with van der Waals surface area (Å²) in [6.07, 6.45) is -2.36. The number of aromatic nitrogens is 6. The highest BCUT2D eigenvalue weighted by Gasteiger charge is 2.35. The van der Waals surface area contributed by atoms with Gasteiger partial charge in [-0.3, -0.25) is 53.2 Å².